The fourth-order valence-corrected chi connectivity index (χ4v) is 3.20. The highest BCUT2D eigenvalue weighted by Crippen LogP contribution is 2.27. The number of ether oxygens (including phenoxy) is 3. The third kappa shape index (κ3) is 6.28. The normalized spacial score (nSPS) is 12.0. The fraction of sp³-hybridized carbons (Fsp3) is 0.381. The van der Waals surface area contributed by atoms with Gasteiger partial charge >= 0.3 is 0 Å². The van der Waals surface area contributed by atoms with Crippen molar-refractivity contribution in [3.8, 4) is 17.2 Å². The molecule has 0 heterocycles. The van der Waals surface area contributed by atoms with E-state index in [1.54, 1.807) is 45.4 Å². The van der Waals surface area contributed by atoms with Crippen molar-refractivity contribution in [1.29, 1.82) is 0 Å². The Morgan fingerprint density at radius 2 is 1.70 bits per heavy atom. The van der Waals surface area contributed by atoms with Crippen LogP contribution in [0.15, 0.2) is 42.5 Å². The third-order valence-electron chi connectivity index (χ3n) is 4.54. The highest BCUT2D eigenvalue weighted by atomic mass is 32.2. The van der Waals surface area contributed by atoms with E-state index in [2.05, 4.69) is 5.32 Å². The highest BCUT2D eigenvalue weighted by Gasteiger charge is 2.16. The molecule has 0 aliphatic rings. The van der Waals surface area contributed by atoms with E-state index in [0.29, 0.717) is 35.9 Å². The minimum Gasteiger partial charge on any atom is -0.493 e. The molecule has 9 heteroatoms. The lowest BCUT2D eigenvalue weighted by molar-refractivity contribution is -0.127. The van der Waals surface area contributed by atoms with Crippen LogP contribution in [0.3, 0.4) is 0 Å². The number of carbonyl (C=O) groups excluding carboxylic acids is 1. The van der Waals surface area contributed by atoms with Crippen molar-refractivity contribution >= 4 is 21.6 Å². The Morgan fingerprint density at radius 3 is 2.27 bits per heavy atom. The number of methoxy groups -OCH3 is 2. The Morgan fingerprint density at radius 1 is 1.07 bits per heavy atom. The number of hydrogen-bond acceptors (Lipinski definition) is 6. The molecule has 0 aliphatic carbocycles. The van der Waals surface area contributed by atoms with Crippen LogP contribution in [0.2, 0.25) is 0 Å². The highest BCUT2D eigenvalue weighted by molar-refractivity contribution is 7.92. The molecule has 0 saturated carbocycles. The van der Waals surface area contributed by atoms with Crippen LogP contribution in [0.5, 0.6) is 17.2 Å². The maximum atomic E-state index is 12.3. The largest absolute Gasteiger partial charge is 0.493 e. The van der Waals surface area contributed by atoms with Gasteiger partial charge < -0.3 is 19.5 Å². The molecule has 0 radical (unpaired) electrons. The second-order valence-electron chi connectivity index (χ2n) is 6.71. The molecular weight excluding hydrogens is 408 g/mol. The van der Waals surface area contributed by atoms with E-state index in [4.69, 9.17) is 14.2 Å². The van der Waals surface area contributed by atoms with Crippen LogP contribution in [0, 0.1) is 0 Å². The van der Waals surface area contributed by atoms with Gasteiger partial charge in [0.05, 0.1) is 26.2 Å². The third-order valence-corrected chi connectivity index (χ3v) is 5.75. The molecule has 0 spiro atoms. The molecule has 0 unspecified atom stereocenters. The van der Waals surface area contributed by atoms with Crippen LogP contribution < -0.4 is 23.8 Å². The molecule has 0 aromatic heterocycles. The zero-order valence-electron chi connectivity index (χ0n) is 17.8. The lowest BCUT2D eigenvalue weighted by atomic mass is 10.1. The summed E-state index contributed by atoms with van der Waals surface area (Å²) in [5.74, 6) is 1.53. The molecule has 0 saturated heterocycles. The van der Waals surface area contributed by atoms with Crippen LogP contribution >= 0.6 is 0 Å². The Bertz CT molecular complexity index is 960. The summed E-state index contributed by atoms with van der Waals surface area (Å²) in [5.41, 5.74) is 1.52. The van der Waals surface area contributed by atoms with Gasteiger partial charge in [0.15, 0.2) is 17.6 Å². The first-order chi connectivity index (χ1) is 14.2. The van der Waals surface area contributed by atoms with E-state index in [9.17, 15) is 13.2 Å². The van der Waals surface area contributed by atoms with E-state index < -0.39 is 16.1 Å². The van der Waals surface area contributed by atoms with Crippen molar-refractivity contribution in [2.45, 2.75) is 19.4 Å². The summed E-state index contributed by atoms with van der Waals surface area (Å²) < 4.78 is 40.5. The monoisotopic (exact) mass is 436 g/mol. The van der Waals surface area contributed by atoms with E-state index in [1.165, 1.54) is 11.4 Å². The number of anilines is 1. The minimum absolute atomic E-state index is 0.243. The van der Waals surface area contributed by atoms with Gasteiger partial charge in [-0.15, -0.1) is 0 Å². The molecule has 1 amide bonds. The van der Waals surface area contributed by atoms with Gasteiger partial charge in [0.2, 0.25) is 10.0 Å². The van der Waals surface area contributed by atoms with Crippen LogP contribution in [0.4, 0.5) is 5.69 Å². The average molecular weight is 437 g/mol. The lowest BCUT2D eigenvalue weighted by Crippen LogP contribution is -2.37. The lowest BCUT2D eigenvalue weighted by Gasteiger charge is -2.18. The number of hydrogen-bond donors (Lipinski definition) is 1. The van der Waals surface area contributed by atoms with Gasteiger partial charge in [-0.05, 0) is 55.3 Å². The fourth-order valence-electron chi connectivity index (χ4n) is 2.69. The Kier molecular flexibility index (Phi) is 7.93. The summed E-state index contributed by atoms with van der Waals surface area (Å²) in [7, 11) is 1.30. The van der Waals surface area contributed by atoms with Crippen molar-refractivity contribution < 1.29 is 27.4 Å². The van der Waals surface area contributed by atoms with E-state index in [1.807, 2.05) is 18.2 Å². The van der Waals surface area contributed by atoms with Crippen molar-refractivity contribution in [2.75, 3.05) is 38.4 Å². The zero-order valence-corrected chi connectivity index (χ0v) is 18.7. The van der Waals surface area contributed by atoms with Crippen LogP contribution in [0.1, 0.15) is 12.5 Å². The van der Waals surface area contributed by atoms with Gasteiger partial charge in [-0.1, -0.05) is 6.07 Å². The first-order valence-electron chi connectivity index (χ1n) is 9.35. The Hall–Kier alpha value is -2.94. The van der Waals surface area contributed by atoms with Gasteiger partial charge in [0.25, 0.3) is 5.91 Å². The number of rotatable bonds is 10. The summed E-state index contributed by atoms with van der Waals surface area (Å²) in [6, 6.07) is 12.1. The molecular formula is C21H28N2O6S. The number of nitrogens with one attached hydrogen (secondary N) is 1. The van der Waals surface area contributed by atoms with Crippen molar-refractivity contribution in [1.82, 2.24) is 5.32 Å². The van der Waals surface area contributed by atoms with Crippen molar-refractivity contribution in [3.63, 3.8) is 0 Å². The summed E-state index contributed by atoms with van der Waals surface area (Å²) in [6.45, 7) is 2.10. The molecule has 2 rings (SSSR count). The first-order valence-corrected chi connectivity index (χ1v) is 11.2. The average Bonchev–Trinajstić information content (AvgIpc) is 2.72. The van der Waals surface area contributed by atoms with Gasteiger partial charge in [-0.2, -0.15) is 0 Å². The van der Waals surface area contributed by atoms with Gasteiger partial charge in [-0.3, -0.25) is 9.10 Å². The molecule has 30 heavy (non-hydrogen) atoms. The Labute approximate surface area is 177 Å². The number of benzene rings is 2. The summed E-state index contributed by atoms with van der Waals surface area (Å²) in [6.07, 6.45) is 1.06. The number of nitrogens with zero attached hydrogens (tertiary/aromatic N) is 1. The molecule has 1 N–H and O–H groups in total. The Balaban J connectivity index is 1.86. The molecule has 0 bridgehead atoms. The SMILES string of the molecule is COc1ccc(CCNC(=O)[C@H](C)Oc2ccc(N(C)S(C)(=O)=O)cc2)cc1OC. The second-order valence-corrected chi connectivity index (χ2v) is 8.73. The van der Waals surface area contributed by atoms with Gasteiger partial charge in [0.1, 0.15) is 5.75 Å². The number of amides is 1. The van der Waals surface area contributed by atoms with Crippen LogP contribution in [0.25, 0.3) is 0 Å². The molecule has 2 aromatic carbocycles. The van der Waals surface area contributed by atoms with Crippen LogP contribution in [-0.2, 0) is 21.2 Å². The summed E-state index contributed by atoms with van der Waals surface area (Å²) in [4.78, 5) is 12.3. The van der Waals surface area contributed by atoms with Gasteiger partial charge in [0, 0.05) is 13.6 Å². The van der Waals surface area contributed by atoms with Crippen LogP contribution in [-0.4, -0.2) is 54.5 Å². The zero-order chi connectivity index (χ0) is 22.3. The van der Waals surface area contributed by atoms with Crippen molar-refractivity contribution in [3.05, 3.63) is 48.0 Å². The molecule has 1 atom stereocenters. The maximum absolute atomic E-state index is 12.3. The predicted molar refractivity (Wildman–Crippen MR) is 116 cm³/mol. The predicted octanol–water partition coefficient (Wildman–Crippen LogP) is 2.23. The van der Waals surface area contributed by atoms with E-state index >= 15 is 0 Å². The maximum Gasteiger partial charge on any atom is 0.260 e. The van der Waals surface area contributed by atoms with E-state index in [0.717, 1.165) is 11.8 Å². The first kappa shape index (κ1) is 23.3. The smallest absolute Gasteiger partial charge is 0.260 e. The quantitative estimate of drug-likeness (QED) is 0.614. The number of sulfonamides is 1. The molecule has 0 aliphatic heterocycles. The van der Waals surface area contributed by atoms with Crippen molar-refractivity contribution in [2.24, 2.45) is 0 Å². The molecule has 0 fully saturated rings. The number of carbonyl (C=O) groups is 1. The second kappa shape index (κ2) is 10.2. The van der Waals surface area contributed by atoms with Gasteiger partial charge in [-0.25, -0.2) is 8.42 Å². The molecule has 2 aromatic rings. The topological polar surface area (TPSA) is 94.2 Å². The minimum atomic E-state index is -3.33. The standard InChI is InChI=1S/C21H28N2O6S/c1-15(29-18-9-7-17(8-10-18)23(2)30(5,25)26)21(24)22-13-12-16-6-11-19(27-3)20(14-16)28-4/h6-11,14-15H,12-13H2,1-5H3,(H,22,24)/t15-/m0/s1. The molecule has 164 valence electrons. The van der Waals surface area contributed by atoms with E-state index in [-0.39, 0.29) is 5.91 Å². The summed E-state index contributed by atoms with van der Waals surface area (Å²) in [5, 5.41) is 2.84. The summed E-state index contributed by atoms with van der Waals surface area (Å²) >= 11 is 0. The molecule has 8 nitrogen and oxygen atoms in total.